The van der Waals surface area contributed by atoms with Gasteiger partial charge in [-0.15, -0.1) is 0 Å². The summed E-state index contributed by atoms with van der Waals surface area (Å²) in [5, 5.41) is 13.5. The van der Waals surface area contributed by atoms with Crippen LogP contribution in [0.5, 0.6) is 5.75 Å². The lowest BCUT2D eigenvalue weighted by Gasteiger charge is -2.45. The van der Waals surface area contributed by atoms with E-state index < -0.39 is 0 Å². The van der Waals surface area contributed by atoms with Gasteiger partial charge in [-0.1, -0.05) is 26.3 Å². The van der Waals surface area contributed by atoms with Crippen LogP contribution in [0.4, 0.5) is 5.69 Å². The highest BCUT2D eigenvalue weighted by atomic mass is 16.5. The van der Waals surface area contributed by atoms with Crippen LogP contribution in [0.3, 0.4) is 0 Å². The number of nitrogens with one attached hydrogen (secondary N) is 1. The number of methoxy groups -OCH3 is 1. The van der Waals surface area contributed by atoms with Gasteiger partial charge in [0.1, 0.15) is 5.75 Å². The standard InChI is InChI=1S/C16H25NO2/c1-12-7-8-13(2)16(10-12,11-18)17-14-5-4-6-15(9-14)19-3/h4-6,9,12-13,17-18H,7-8,10-11H2,1-3H3. The first-order valence-electron chi connectivity index (χ1n) is 7.13. The lowest BCUT2D eigenvalue weighted by molar-refractivity contribution is 0.103. The van der Waals surface area contributed by atoms with E-state index in [1.165, 1.54) is 12.8 Å². The summed E-state index contributed by atoms with van der Waals surface area (Å²) in [5.41, 5.74) is 0.818. The number of benzene rings is 1. The number of hydrogen-bond donors (Lipinski definition) is 2. The van der Waals surface area contributed by atoms with Crippen molar-refractivity contribution in [1.29, 1.82) is 0 Å². The Morgan fingerprint density at radius 2 is 2.16 bits per heavy atom. The second kappa shape index (κ2) is 5.83. The fraction of sp³-hybridized carbons (Fsp3) is 0.625. The summed E-state index contributed by atoms with van der Waals surface area (Å²) in [7, 11) is 1.67. The monoisotopic (exact) mass is 263 g/mol. The van der Waals surface area contributed by atoms with E-state index in [0.29, 0.717) is 11.8 Å². The second-order valence-corrected chi connectivity index (χ2v) is 5.96. The first-order chi connectivity index (χ1) is 9.09. The van der Waals surface area contributed by atoms with Gasteiger partial charge in [-0.05, 0) is 36.8 Å². The van der Waals surface area contributed by atoms with Crippen LogP contribution < -0.4 is 10.1 Å². The minimum atomic E-state index is -0.204. The number of rotatable bonds is 4. The lowest BCUT2D eigenvalue weighted by atomic mass is 9.70. The Kier molecular flexibility index (Phi) is 4.35. The molecule has 1 aromatic rings. The number of anilines is 1. The molecule has 3 atom stereocenters. The number of hydrogen-bond acceptors (Lipinski definition) is 3. The third-order valence-corrected chi connectivity index (χ3v) is 4.49. The summed E-state index contributed by atoms with van der Waals surface area (Å²) >= 11 is 0. The molecule has 1 aliphatic carbocycles. The maximum absolute atomic E-state index is 9.92. The third-order valence-electron chi connectivity index (χ3n) is 4.49. The molecular weight excluding hydrogens is 238 g/mol. The van der Waals surface area contributed by atoms with E-state index >= 15 is 0 Å². The van der Waals surface area contributed by atoms with Crippen molar-refractivity contribution >= 4 is 5.69 Å². The van der Waals surface area contributed by atoms with Crippen LogP contribution in [-0.4, -0.2) is 24.4 Å². The van der Waals surface area contributed by atoms with Crippen LogP contribution in [-0.2, 0) is 0 Å². The van der Waals surface area contributed by atoms with Crippen LogP contribution in [0.2, 0.25) is 0 Å². The maximum Gasteiger partial charge on any atom is 0.120 e. The zero-order chi connectivity index (χ0) is 13.9. The Morgan fingerprint density at radius 3 is 2.84 bits per heavy atom. The molecule has 2 N–H and O–H groups in total. The Labute approximate surface area is 116 Å². The molecule has 3 nitrogen and oxygen atoms in total. The highest BCUT2D eigenvalue weighted by Gasteiger charge is 2.40. The van der Waals surface area contributed by atoms with Crippen LogP contribution in [0.1, 0.15) is 33.1 Å². The van der Waals surface area contributed by atoms with Gasteiger partial charge in [0.25, 0.3) is 0 Å². The Morgan fingerprint density at radius 1 is 1.37 bits per heavy atom. The summed E-state index contributed by atoms with van der Waals surface area (Å²) in [6, 6.07) is 7.93. The molecule has 1 aliphatic rings. The zero-order valence-electron chi connectivity index (χ0n) is 12.1. The Bertz CT molecular complexity index is 421. The van der Waals surface area contributed by atoms with Crippen molar-refractivity contribution in [3.63, 3.8) is 0 Å². The molecule has 2 rings (SSSR count). The van der Waals surface area contributed by atoms with Gasteiger partial charge in [-0.3, -0.25) is 0 Å². The van der Waals surface area contributed by atoms with E-state index in [4.69, 9.17) is 4.74 Å². The number of aliphatic hydroxyl groups is 1. The van der Waals surface area contributed by atoms with Gasteiger partial charge in [0.15, 0.2) is 0 Å². The first-order valence-corrected chi connectivity index (χ1v) is 7.13. The molecule has 3 heteroatoms. The Balaban J connectivity index is 2.21. The van der Waals surface area contributed by atoms with Crippen molar-refractivity contribution < 1.29 is 9.84 Å². The molecule has 0 heterocycles. The minimum absolute atomic E-state index is 0.176. The van der Waals surface area contributed by atoms with Crippen molar-refractivity contribution in [2.75, 3.05) is 19.0 Å². The molecule has 3 unspecified atom stereocenters. The second-order valence-electron chi connectivity index (χ2n) is 5.96. The van der Waals surface area contributed by atoms with Crippen molar-refractivity contribution in [3.05, 3.63) is 24.3 Å². The molecule has 0 saturated heterocycles. The zero-order valence-corrected chi connectivity index (χ0v) is 12.1. The summed E-state index contributed by atoms with van der Waals surface area (Å²) in [5.74, 6) is 1.97. The van der Waals surface area contributed by atoms with E-state index in [1.807, 2.05) is 24.3 Å². The van der Waals surface area contributed by atoms with Crippen molar-refractivity contribution in [2.45, 2.75) is 38.6 Å². The van der Waals surface area contributed by atoms with Crippen LogP contribution in [0.15, 0.2) is 24.3 Å². The van der Waals surface area contributed by atoms with Gasteiger partial charge >= 0.3 is 0 Å². The predicted octanol–water partition coefficient (Wildman–Crippen LogP) is 3.29. The van der Waals surface area contributed by atoms with Crippen LogP contribution in [0, 0.1) is 11.8 Å². The number of aliphatic hydroxyl groups excluding tert-OH is 1. The largest absolute Gasteiger partial charge is 0.497 e. The Hall–Kier alpha value is -1.22. The van der Waals surface area contributed by atoms with Crippen molar-refractivity contribution in [3.8, 4) is 5.75 Å². The highest BCUT2D eigenvalue weighted by Crippen LogP contribution is 2.39. The van der Waals surface area contributed by atoms with Gasteiger partial charge in [0, 0.05) is 11.8 Å². The van der Waals surface area contributed by atoms with E-state index in [2.05, 4.69) is 19.2 Å². The molecule has 0 aromatic heterocycles. The van der Waals surface area contributed by atoms with Crippen molar-refractivity contribution in [2.24, 2.45) is 11.8 Å². The molecule has 1 aromatic carbocycles. The van der Waals surface area contributed by atoms with E-state index in [-0.39, 0.29) is 12.1 Å². The molecule has 0 amide bonds. The van der Waals surface area contributed by atoms with Gasteiger partial charge in [-0.25, -0.2) is 0 Å². The molecular formula is C16H25NO2. The van der Waals surface area contributed by atoms with Crippen LogP contribution in [0.25, 0.3) is 0 Å². The minimum Gasteiger partial charge on any atom is -0.497 e. The summed E-state index contributed by atoms with van der Waals surface area (Å²) in [6.07, 6.45) is 3.43. The lowest BCUT2D eigenvalue weighted by Crippen LogP contribution is -2.51. The molecule has 0 aliphatic heterocycles. The average Bonchev–Trinajstić information content (AvgIpc) is 2.43. The maximum atomic E-state index is 9.92. The highest BCUT2D eigenvalue weighted by molar-refractivity contribution is 5.50. The molecule has 0 radical (unpaired) electrons. The molecule has 1 fully saturated rings. The van der Waals surface area contributed by atoms with E-state index in [1.54, 1.807) is 7.11 Å². The SMILES string of the molecule is COc1cccc(NC2(CO)CC(C)CCC2C)c1. The third kappa shape index (κ3) is 3.03. The van der Waals surface area contributed by atoms with E-state index in [9.17, 15) is 5.11 Å². The summed E-state index contributed by atoms with van der Waals surface area (Å²) in [6.45, 7) is 4.68. The van der Waals surface area contributed by atoms with Gasteiger partial charge < -0.3 is 15.2 Å². The molecule has 1 saturated carbocycles. The van der Waals surface area contributed by atoms with Gasteiger partial charge in [0.2, 0.25) is 0 Å². The van der Waals surface area contributed by atoms with Crippen LogP contribution >= 0.6 is 0 Å². The van der Waals surface area contributed by atoms with E-state index in [0.717, 1.165) is 17.9 Å². The van der Waals surface area contributed by atoms with Gasteiger partial charge in [0.05, 0.1) is 19.3 Å². The van der Waals surface area contributed by atoms with Crippen molar-refractivity contribution in [1.82, 2.24) is 0 Å². The fourth-order valence-corrected chi connectivity index (χ4v) is 3.16. The normalized spacial score (nSPS) is 30.9. The summed E-state index contributed by atoms with van der Waals surface area (Å²) in [4.78, 5) is 0. The summed E-state index contributed by atoms with van der Waals surface area (Å²) < 4.78 is 5.26. The fourth-order valence-electron chi connectivity index (χ4n) is 3.16. The average molecular weight is 263 g/mol. The quantitative estimate of drug-likeness (QED) is 0.876. The molecule has 0 spiro atoms. The predicted molar refractivity (Wildman–Crippen MR) is 78.6 cm³/mol. The molecule has 106 valence electrons. The topological polar surface area (TPSA) is 41.5 Å². The molecule has 19 heavy (non-hydrogen) atoms. The molecule has 0 bridgehead atoms. The number of ether oxygens (including phenoxy) is 1. The first kappa shape index (κ1) is 14.2. The smallest absolute Gasteiger partial charge is 0.120 e. The van der Waals surface area contributed by atoms with Gasteiger partial charge in [-0.2, -0.15) is 0 Å².